The summed E-state index contributed by atoms with van der Waals surface area (Å²) in [5, 5.41) is 3.12. The molecule has 1 amide bonds. The highest BCUT2D eigenvalue weighted by atomic mass is 35.5. The van der Waals surface area contributed by atoms with E-state index in [1.54, 1.807) is 0 Å². The van der Waals surface area contributed by atoms with E-state index in [2.05, 4.69) is 17.1 Å². The van der Waals surface area contributed by atoms with Gasteiger partial charge in [0, 0.05) is 13.0 Å². The van der Waals surface area contributed by atoms with Crippen molar-refractivity contribution in [3.63, 3.8) is 0 Å². The zero-order valence-electron chi connectivity index (χ0n) is 15.9. The van der Waals surface area contributed by atoms with Gasteiger partial charge in [-0.15, -0.1) is 24.8 Å². The molecule has 150 valence electrons. The fraction of sp³-hybridized carbons (Fsp3) is 0.947. The molecule has 1 saturated heterocycles. The van der Waals surface area contributed by atoms with Crippen LogP contribution in [0.25, 0.3) is 0 Å². The number of unbranched alkanes of at least 4 members (excludes halogenated alkanes) is 1. The average Bonchev–Trinajstić information content (AvgIpc) is 2.57. The molecule has 0 bridgehead atoms. The average molecular weight is 396 g/mol. The molecular weight excluding hydrogens is 357 g/mol. The van der Waals surface area contributed by atoms with Crippen LogP contribution in [-0.4, -0.2) is 43.5 Å². The second-order valence-electron chi connectivity index (χ2n) is 8.02. The minimum Gasteiger partial charge on any atom is -0.356 e. The highest BCUT2D eigenvalue weighted by Gasteiger charge is 2.32. The highest BCUT2D eigenvalue weighted by molar-refractivity contribution is 5.85. The van der Waals surface area contributed by atoms with E-state index in [1.807, 2.05) is 0 Å². The molecule has 3 N–H and O–H groups in total. The molecule has 0 unspecified atom stereocenters. The fourth-order valence-electron chi connectivity index (χ4n) is 4.13. The number of carbonyl (C=O) groups excluding carboxylic acids is 1. The first-order valence-corrected chi connectivity index (χ1v) is 9.83. The normalized spacial score (nSPS) is 21.0. The molecule has 1 aliphatic carbocycles. The molecule has 2 rings (SSSR count). The minimum absolute atomic E-state index is 0. The van der Waals surface area contributed by atoms with Crippen molar-refractivity contribution in [1.82, 2.24) is 10.2 Å². The Balaban J connectivity index is 0.00000288. The Labute approximate surface area is 166 Å². The van der Waals surface area contributed by atoms with Gasteiger partial charge in [-0.05, 0) is 76.0 Å². The van der Waals surface area contributed by atoms with Crippen LogP contribution in [0, 0.1) is 11.3 Å². The molecule has 0 atom stereocenters. The van der Waals surface area contributed by atoms with Gasteiger partial charge in [0.15, 0.2) is 0 Å². The number of piperidine rings is 1. The lowest BCUT2D eigenvalue weighted by Crippen LogP contribution is -2.39. The van der Waals surface area contributed by atoms with Crippen molar-refractivity contribution in [1.29, 1.82) is 0 Å². The summed E-state index contributed by atoms with van der Waals surface area (Å²) < 4.78 is 0. The maximum atomic E-state index is 12.2. The second-order valence-corrected chi connectivity index (χ2v) is 8.02. The van der Waals surface area contributed by atoms with Crippen molar-refractivity contribution in [3.05, 3.63) is 0 Å². The van der Waals surface area contributed by atoms with Crippen LogP contribution in [0.4, 0.5) is 0 Å². The van der Waals surface area contributed by atoms with Gasteiger partial charge in [-0.25, -0.2) is 0 Å². The van der Waals surface area contributed by atoms with Crippen LogP contribution >= 0.6 is 24.8 Å². The summed E-state index contributed by atoms with van der Waals surface area (Å²) >= 11 is 0. The van der Waals surface area contributed by atoms with E-state index < -0.39 is 0 Å². The van der Waals surface area contributed by atoms with Crippen LogP contribution < -0.4 is 11.1 Å². The van der Waals surface area contributed by atoms with Gasteiger partial charge in [0.2, 0.25) is 5.91 Å². The predicted octanol–water partition coefficient (Wildman–Crippen LogP) is 3.76. The molecule has 2 fully saturated rings. The van der Waals surface area contributed by atoms with Crippen molar-refractivity contribution in [2.45, 2.75) is 71.1 Å². The van der Waals surface area contributed by atoms with E-state index in [0.717, 1.165) is 31.7 Å². The molecule has 1 heterocycles. The van der Waals surface area contributed by atoms with Gasteiger partial charge in [0.05, 0.1) is 0 Å². The molecular formula is C19H39Cl2N3O. The van der Waals surface area contributed by atoms with E-state index in [1.165, 1.54) is 58.2 Å². The topological polar surface area (TPSA) is 58.4 Å². The van der Waals surface area contributed by atoms with E-state index >= 15 is 0 Å². The summed E-state index contributed by atoms with van der Waals surface area (Å²) in [5.41, 5.74) is 6.06. The van der Waals surface area contributed by atoms with Gasteiger partial charge < -0.3 is 16.0 Å². The number of hydrogen-bond acceptors (Lipinski definition) is 3. The van der Waals surface area contributed by atoms with E-state index in [9.17, 15) is 4.79 Å². The molecule has 0 spiro atoms. The summed E-state index contributed by atoms with van der Waals surface area (Å²) in [7, 11) is 0. The maximum absolute atomic E-state index is 12.2. The summed E-state index contributed by atoms with van der Waals surface area (Å²) in [6.07, 6.45) is 11.6. The number of nitrogens with one attached hydrogen (secondary N) is 1. The Hall–Kier alpha value is -0.0300. The Morgan fingerprint density at radius 3 is 2.36 bits per heavy atom. The molecule has 0 aromatic heterocycles. The first kappa shape index (κ1) is 25.0. The third-order valence-electron chi connectivity index (χ3n) is 5.98. The number of likely N-dealkylation sites (tertiary alicyclic amines) is 1. The lowest BCUT2D eigenvalue weighted by molar-refractivity contribution is -0.123. The number of halogens is 2. The van der Waals surface area contributed by atoms with Crippen molar-refractivity contribution in [2.24, 2.45) is 17.1 Å². The van der Waals surface area contributed by atoms with Crippen molar-refractivity contribution < 1.29 is 4.79 Å². The number of rotatable bonds is 8. The van der Waals surface area contributed by atoms with Gasteiger partial charge in [-0.1, -0.05) is 26.2 Å². The van der Waals surface area contributed by atoms with Crippen LogP contribution in [0.1, 0.15) is 71.1 Å². The van der Waals surface area contributed by atoms with E-state index in [0.29, 0.717) is 13.0 Å². The predicted molar refractivity (Wildman–Crippen MR) is 111 cm³/mol. The number of carbonyl (C=O) groups is 1. The maximum Gasteiger partial charge on any atom is 0.220 e. The zero-order valence-corrected chi connectivity index (χ0v) is 17.6. The van der Waals surface area contributed by atoms with Crippen molar-refractivity contribution >= 4 is 30.7 Å². The highest BCUT2D eigenvalue weighted by Crippen LogP contribution is 2.38. The number of nitrogens with two attached hydrogens (primary N) is 1. The summed E-state index contributed by atoms with van der Waals surface area (Å²) in [4.78, 5) is 14.8. The third kappa shape index (κ3) is 8.94. The van der Waals surface area contributed by atoms with Crippen molar-refractivity contribution in [2.75, 3.05) is 32.7 Å². The largest absolute Gasteiger partial charge is 0.356 e. The van der Waals surface area contributed by atoms with Crippen LogP contribution in [0.2, 0.25) is 0 Å². The van der Waals surface area contributed by atoms with Gasteiger partial charge in [0.1, 0.15) is 0 Å². The Bertz CT molecular complexity index is 355. The van der Waals surface area contributed by atoms with Gasteiger partial charge >= 0.3 is 0 Å². The minimum atomic E-state index is 0. The standard InChI is InChI=1S/C19H37N3O.2ClH/c1-17-7-13-22(14-8-17)12-6-5-11-21-18(23)15-19(16-20)9-3-2-4-10-19;;/h17H,2-16,20H2,1H3,(H,21,23);2*1H. The van der Waals surface area contributed by atoms with Gasteiger partial charge in [0.25, 0.3) is 0 Å². The zero-order chi connectivity index (χ0) is 16.5. The number of nitrogens with zero attached hydrogens (tertiary/aromatic N) is 1. The molecule has 25 heavy (non-hydrogen) atoms. The third-order valence-corrected chi connectivity index (χ3v) is 5.98. The lowest BCUT2D eigenvalue weighted by atomic mass is 9.71. The number of hydrogen-bond donors (Lipinski definition) is 2. The summed E-state index contributed by atoms with van der Waals surface area (Å²) in [6, 6.07) is 0. The molecule has 0 aromatic rings. The Morgan fingerprint density at radius 2 is 1.76 bits per heavy atom. The molecule has 1 saturated carbocycles. The molecule has 6 heteroatoms. The quantitative estimate of drug-likeness (QED) is 0.615. The monoisotopic (exact) mass is 395 g/mol. The molecule has 1 aliphatic heterocycles. The Kier molecular flexibility index (Phi) is 13.2. The first-order chi connectivity index (χ1) is 11.1. The lowest BCUT2D eigenvalue weighted by Gasteiger charge is -2.35. The Morgan fingerprint density at radius 1 is 1.12 bits per heavy atom. The van der Waals surface area contributed by atoms with Crippen LogP contribution in [0.5, 0.6) is 0 Å². The summed E-state index contributed by atoms with van der Waals surface area (Å²) in [5.74, 6) is 1.12. The van der Waals surface area contributed by atoms with Crippen LogP contribution in [-0.2, 0) is 4.79 Å². The molecule has 2 aliphatic rings. The smallest absolute Gasteiger partial charge is 0.220 e. The molecule has 0 aromatic carbocycles. The van der Waals surface area contributed by atoms with E-state index in [4.69, 9.17) is 5.73 Å². The van der Waals surface area contributed by atoms with E-state index in [-0.39, 0.29) is 36.1 Å². The van der Waals surface area contributed by atoms with Gasteiger partial charge in [-0.2, -0.15) is 0 Å². The SMILES string of the molecule is CC1CCN(CCCCNC(=O)CC2(CN)CCCCC2)CC1.Cl.Cl. The van der Waals surface area contributed by atoms with Gasteiger partial charge in [-0.3, -0.25) is 4.79 Å². The number of amides is 1. The van der Waals surface area contributed by atoms with Crippen LogP contribution in [0.3, 0.4) is 0 Å². The molecule has 4 nitrogen and oxygen atoms in total. The molecule has 0 radical (unpaired) electrons. The first-order valence-electron chi connectivity index (χ1n) is 9.83. The summed E-state index contributed by atoms with van der Waals surface area (Å²) in [6.45, 7) is 7.54. The van der Waals surface area contributed by atoms with Crippen LogP contribution in [0.15, 0.2) is 0 Å². The second kappa shape index (κ2) is 13.2. The fourth-order valence-corrected chi connectivity index (χ4v) is 4.13. The van der Waals surface area contributed by atoms with Crippen molar-refractivity contribution in [3.8, 4) is 0 Å².